The van der Waals surface area contributed by atoms with E-state index in [2.05, 4.69) is 23.5 Å². The molecule has 1 N–H and O–H groups in total. The molecule has 32 heavy (non-hydrogen) atoms. The summed E-state index contributed by atoms with van der Waals surface area (Å²) < 4.78 is 6.32. The standard InChI is InChI=1S/C25H37N3O4/c1-3-21(29)26-23-19-9-5-6-10-20(19)25(24(23)31-4-2)12-16-27(17-13-25)22(30)11-15-28-14-7-8-18-32-28/h5-6,9-10,23-24H,3-4,7-8,11-18H2,1-2H3,(H,26,29)/t23-,24+/m0/s1. The number of amides is 2. The third kappa shape index (κ3) is 4.56. The second-order valence-electron chi connectivity index (χ2n) is 9.12. The van der Waals surface area contributed by atoms with E-state index in [1.165, 1.54) is 5.56 Å². The summed E-state index contributed by atoms with van der Waals surface area (Å²) >= 11 is 0. The van der Waals surface area contributed by atoms with Crippen LogP contribution in [0.5, 0.6) is 0 Å². The zero-order valence-electron chi connectivity index (χ0n) is 19.5. The molecule has 0 radical (unpaired) electrons. The first-order chi connectivity index (χ1) is 15.6. The number of piperidine rings is 1. The number of rotatable bonds is 7. The van der Waals surface area contributed by atoms with Crippen molar-refractivity contribution in [3.63, 3.8) is 0 Å². The van der Waals surface area contributed by atoms with Crippen LogP contribution < -0.4 is 5.32 Å². The Morgan fingerprint density at radius 3 is 2.62 bits per heavy atom. The first kappa shape index (κ1) is 23.2. The van der Waals surface area contributed by atoms with Crippen molar-refractivity contribution < 1.29 is 19.2 Å². The van der Waals surface area contributed by atoms with Crippen LogP contribution >= 0.6 is 0 Å². The molecule has 4 rings (SSSR count). The predicted octanol–water partition coefficient (Wildman–Crippen LogP) is 2.95. The van der Waals surface area contributed by atoms with Crippen LogP contribution in [0.3, 0.4) is 0 Å². The van der Waals surface area contributed by atoms with Crippen LogP contribution in [-0.4, -0.2) is 67.3 Å². The summed E-state index contributed by atoms with van der Waals surface area (Å²) in [6.07, 6.45) is 4.76. The molecule has 1 aromatic carbocycles. The van der Waals surface area contributed by atoms with E-state index in [4.69, 9.17) is 9.57 Å². The number of benzene rings is 1. The highest BCUT2D eigenvalue weighted by Gasteiger charge is 2.54. The fraction of sp³-hybridized carbons (Fsp3) is 0.680. The number of ether oxygens (including phenoxy) is 1. The van der Waals surface area contributed by atoms with Crippen LogP contribution in [0.15, 0.2) is 24.3 Å². The third-order valence-corrected chi connectivity index (χ3v) is 7.32. The van der Waals surface area contributed by atoms with Crippen molar-refractivity contribution in [2.24, 2.45) is 0 Å². The molecule has 176 valence electrons. The van der Waals surface area contributed by atoms with E-state index >= 15 is 0 Å². The zero-order chi connectivity index (χ0) is 22.6. The molecule has 2 heterocycles. The van der Waals surface area contributed by atoms with Crippen molar-refractivity contribution in [3.05, 3.63) is 35.4 Å². The van der Waals surface area contributed by atoms with Crippen molar-refractivity contribution in [1.82, 2.24) is 15.3 Å². The minimum Gasteiger partial charge on any atom is -0.375 e. The van der Waals surface area contributed by atoms with Gasteiger partial charge in [-0.3, -0.25) is 14.4 Å². The van der Waals surface area contributed by atoms with Crippen molar-refractivity contribution in [1.29, 1.82) is 0 Å². The van der Waals surface area contributed by atoms with Gasteiger partial charge in [0.25, 0.3) is 0 Å². The summed E-state index contributed by atoms with van der Waals surface area (Å²) in [5.41, 5.74) is 2.26. The number of nitrogens with one attached hydrogen (secondary N) is 1. The number of carbonyl (C=O) groups is 2. The van der Waals surface area contributed by atoms with Crippen LogP contribution in [0.1, 0.15) is 69.5 Å². The van der Waals surface area contributed by atoms with E-state index in [0.29, 0.717) is 39.1 Å². The summed E-state index contributed by atoms with van der Waals surface area (Å²) in [4.78, 5) is 32.8. The fourth-order valence-electron chi connectivity index (χ4n) is 5.63. The molecule has 0 bridgehead atoms. The second-order valence-corrected chi connectivity index (χ2v) is 9.12. The Hall–Kier alpha value is -1.96. The molecule has 7 heteroatoms. The molecule has 2 saturated heterocycles. The van der Waals surface area contributed by atoms with E-state index in [1.807, 2.05) is 29.9 Å². The SMILES string of the molecule is CCO[C@@H]1[C@@H](NC(=O)CC)c2ccccc2C12CCN(C(=O)CCN1CCCCO1)CC2. The van der Waals surface area contributed by atoms with Gasteiger partial charge in [0.05, 0.1) is 18.8 Å². The monoisotopic (exact) mass is 443 g/mol. The minimum absolute atomic E-state index is 0.0408. The van der Waals surface area contributed by atoms with Crippen LogP contribution in [0.2, 0.25) is 0 Å². The topological polar surface area (TPSA) is 71.1 Å². The Morgan fingerprint density at radius 1 is 1.16 bits per heavy atom. The maximum absolute atomic E-state index is 12.9. The number of hydrogen-bond donors (Lipinski definition) is 1. The van der Waals surface area contributed by atoms with Gasteiger partial charge in [0.15, 0.2) is 0 Å². The number of carbonyl (C=O) groups excluding carboxylic acids is 2. The minimum atomic E-state index is -0.176. The summed E-state index contributed by atoms with van der Waals surface area (Å²) in [6, 6.07) is 8.27. The van der Waals surface area contributed by atoms with Gasteiger partial charge in [0.2, 0.25) is 11.8 Å². The van der Waals surface area contributed by atoms with Gasteiger partial charge in [0, 0.05) is 51.0 Å². The van der Waals surface area contributed by atoms with Crippen LogP contribution in [0, 0.1) is 0 Å². The Labute approximate surface area is 191 Å². The first-order valence-electron chi connectivity index (χ1n) is 12.2. The molecule has 2 amide bonds. The van der Waals surface area contributed by atoms with E-state index in [-0.39, 0.29) is 29.4 Å². The molecule has 2 fully saturated rings. The van der Waals surface area contributed by atoms with E-state index in [1.54, 1.807) is 0 Å². The zero-order valence-corrected chi connectivity index (χ0v) is 19.5. The molecule has 1 aliphatic carbocycles. The third-order valence-electron chi connectivity index (χ3n) is 7.32. The van der Waals surface area contributed by atoms with Crippen LogP contribution in [-0.2, 0) is 24.6 Å². The lowest BCUT2D eigenvalue weighted by molar-refractivity contribution is -0.182. The molecular weight excluding hydrogens is 406 g/mol. The molecule has 1 aromatic rings. The maximum Gasteiger partial charge on any atom is 0.223 e. The van der Waals surface area contributed by atoms with Gasteiger partial charge in [0.1, 0.15) is 0 Å². The molecule has 0 unspecified atom stereocenters. The van der Waals surface area contributed by atoms with Crippen molar-refractivity contribution in [2.75, 3.05) is 39.4 Å². The van der Waals surface area contributed by atoms with Gasteiger partial charge in [-0.05, 0) is 43.7 Å². The molecule has 2 atom stereocenters. The summed E-state index contributed by atoms with van der Waals surface area (Å²) in [7, 11) is 0. The summed E-state index contributed by atoms with van der Waals surface area (Å²) in [5.74, 6) is 0.239. The van der Waals surface area contributed by atoms with Gasteiger partial charge in [-0.15, -0.1) is 0 Å². The molecular formula is C25H37N3O4. The van der Waals surface area contributed by atoms with E-state index in [9.17, 15) is 9.59 Å². The van der Waals surface area contributed by atoms with Crippen LogP contribution in [0.4, 0.5) is 0 Å². The summed E-state index contributed by atoms with van der Waals surface area (Å²) in [5, 5.41) is 5.15. The molecule has 0 aromatic heterocycles. The summed E-state index contributed by atoms with van der Waals surface area (Å²) in [6.45, 7) is 8.24. The number of nitrogens with zero attached hydrogens (tertiary/aromatic N) is 2. The Morgan fingerprint density at radius 2 is 1.94 bits per heavy atom. The van der Waals surface area contributed by atoms with Crippen molar-refractivity contribution >= 4 is 11.8 Å². The quantitative estimate of drug-likeness (QED) is 0.702. The molecule has 7 nitrogen and oxygen atoms in total. The van der Waals surface area contributed by atoms with E-state index in [0.717, 1.165) is 44.4 Å². The van der Waals surface area contributed by atoms with Gasteiger partial charge in [-0.2, -0.15) is 5.06 Å². The average Bonchev–Trinajstić information content (AvgIpc) is 3.07. The second kappa shape index (κ2) is 10.3. The first-order valence-corrected chi connectivity index (χ1v) is 12.2. The highest BCUT2D eigenvalue weighted by atomic mass is 16.7. The lowest BCUT2D eigenvalue weighted by atomic mass is 9.71. The predicted molar refractivity (Wildman–Crippen MR) is 122 cm³/mol. The van der Waals surface area contributed by atoms with Gasteiger partial charge < -0.3 is 15.0 Å². The molecule has 1 spiro atoms. The Kier molecular flexibility index (Phi) is 7.48. The maximum atomic E-state index is 12.9. The highest BCUT2D eigenvalue weighted by molar-refractivity contribution is 5.77. The largest absolute Gasteiger partial charge is 0.375 e. The van der Waals surface area contributed by atoms with Gasteiger partial charge >= 0.3 is 0 Å². The molecule has 2 aliphatic heterocycles. The lowest BCUT2D eigenvalue weighted by Crippen LogP contribution is -2.52. The number of likely N-dealkylation sites (tertiary alicyclic amines) is 1. The number of fused-ring (bicyclic) bond motifs is 2. The highest BCUT2D eigenvalue weighted by Crippen LogP contribution is 2.52. The van der Waals surface area contributed by atoms with Crippen molar-refractivity contribution in [2.45, 2.75) is 69.9 Å². The number of hydrogen-bond acceptors (Lipinski definition) is 5. The van der Waals surface area contributed by atoms with Gasteiger partial charge in [-0.1, -0.05) is 31.2 Å². The Balaban J connectivity index is 1.46. The lowest BCUT2D eigenvalue weighted by Gasteiger charge is -2.44. The molecule has 3 aliphatic rings. The average molecular weight is 444 g/mol. The van der Waals surface area contributed by atoms with Crippen molar-refractivity contribution in [3.8, 4) is 0 Å². The normalized spacial score (nSPS) is 25.0. The smallest absolute Gasteiger partial charge is 0.223 e. The van der Waals surface area contributed by atoms with Gasteiger partial charge in [-0.25, -0.2) is 0 Å². The van der Waals surface area contributed by atoms with Crippen LogP contribution in [0.25, 0.3) is 0 Å². The number of hydroxylamine groups is 2. The molecule has 0 saturated carbocycles. The Bertz CT molecular complexity index is 800. The fourth-order valence-corrected chi connectivity index (χ4v) is 5.63. The van der Waals surface area contributed by atoms with E-state index < -0.39 is 0 Å².